The second kappa shape index (κ2) is 13.9. The Morgan fingerprint density at radius 2 is 1.69 bits per heavy atom. The van der Waals surface area contributed by atoms with Crippen molar-refractivity contribution >= 4 is 6.01 Å². The predicted molar refractivity (Wildman–Crippen MR) is 68.1 cm³/mol. The van der Waals surface area contributed by atoms with Crippen LogP contribution < -0.4 is 5.73 Å². The number of nitrogens with two attached hydrogens (primary N) is 1. The Morgan fingerprint density at radius 1 is 1.19 bits per heavy atom. The fourth-order valence-electron chi connectivity index (χ4n) is 1.06. The Balaban J connectivity index is 0. The third-order valence-corrected chi connectivity index (χ3v) is 1.71. The highest BCUT2D eigenvalue weighted by molar-refractivity contribution is 5.01. The van der Waals surface area contributed by atoms with Gasteiger partial charge in [0.05, 0.1) is 0 Å². The molecule has 0 spiro atoms. The molecule has 0 amide bonds. The van der Waals surface area contributed by atoms with Gasteiger partial charge in [-0.2, -0.15) is 0 Å². The minimum Gasteiger partial charge on any atom is -0.411 e. The van der Waals surface area contributed by atoms with Gasteiger partial charge >= 0.3 is 6.01 Å². The SMILES string of the molecule is CC.CC.CN1CCCC1.Nc1nnco1. The van der Waals surface area contributed by atoms with Crippen LogP contribution >= 0.6 is 0 Å². The number of hydrogen-bond donors (Lipinski definition) is 1. The zero-order chi connectivity index (χ0) is 12.8. The van der Waals surface area contributed by atoms with Crippen molar-refractivity contribution in [2.75, 3.05) is 25.9 Å². The summed E-state index contributed by atoms with van der Waals surface area (Å²) < 4.78 is 4.39. The van der Waals surface area contributed by atoms with E-state index in [0.717, 1.165) is 0 Å². The molecule has 2 N–H and O–H groups in total. The maximum Gasteiger partial charge on any atom is 0.312 e. The number of likely N-dealkylation sites (tertiary alicyclic amines) is 1. The van der Waals surface area contributed by atoms with E-state index >= 15 is 0 Å². The van der Waals surface area contributed by atoms with Crippen molar-refractivity contribution < 1.29 is 4.42 Å². The first-order chi connectivity index (χ1) is 7.79. The maximum absolute atomic E-state index is 4.94. The zero-order valence-electron chi connectivity index (χ0n) is 11.2. The fourth-order valence-corrected chi connectivity index (χ4v) is 1.06. The molecule has 5 heteroatoms. The van der Waals surface area contributed by atoms with Gasteiger partial charge in [-0.15, -0.1) is 5.10 Å². The number of aromatic nitrogens is 2. The second-order valence-electron chi connectivity index (χ2n) is 2.79. The summed E-state index contributed by atoms with van der Waals surface area (Å²) in [6, 6.07) is 0.106. The van der Waals surface area contributed by atoms with Crippen LogP contribution in [0.1, 0.15) is 40.5 Å². The van der Waals surface area contributed by atoms with Crippen molar-refractivity contribution in [3.05, 3.63) is 6.39 Å². The summed E-state index contributed by atoms with van der Waals surface area (Å²) in [6.07, 6.45) is 4.00. The first-order valence-corrected chi connectivity index (χ1v) is 5.99. The van der Waals surface area contributed by atoms with Crippen LogP contribution in [0.2, 0.25) is 0 Å². The number of rotatable bonds is 0. The standard InChI is InChI=1S/C5H11N.C2H3N3O.2C2H6/c1-6-4-2-3-5-6;3-2-5-4-1-6-2;2*1-2/h2-5H2,1H3;1H,(H2,3,5);2*1-2H3. The summed E-state index contributed by atoms with van der Waals surface area (Å²) in [5.74, 6) is 0. The van der Waals surface area contributed by atoms with Crippen molar-refractivity contribution in [1.82, 2.24) is 15.1 Å². The Labute approximate surface area is 99.0 Å². The van der Waals surface area contributed by atoms with Gasteiger partial charge in [0.15, 0.2) is 0 Å². The third kappa shape index (κ3) is 11.0. The van der Waals surface area contributed by atoms with Crippen molar-refractivity contribution in [3.8, 4) is 0 Å². The normalized spacial score (nSPS) is 13.6. The van der Waals surface area contributed by atoms with Crippen molar-refractivity contribution in [3.63, 3.8) is 0 Å². The van der Waals surface area contributed by atoms with E-state index in [1.165, 1.54) is 32.3 Å². The smallest absolute Gasteiger partial charge is 0.312 e. The highest BCUT2D eigenvalue weighted by Crippen LogP contribution is 2.02. The minimum absolute atomic E-state index is 0.106. The molecule has 96 valence electrons. The molecule has 1 aliphatic rings. The van der Waals surface area contributed by atoms with Crippen LogP contribution in [0.4, 0.5) is 6.01 Å². The van der Waals surface area contributed by atoms with E-state index in [9.17, 15) is 0 Å². The number of hydrogen-bond acceptors (Lipinski definition) is 5. The molecule has 16 heavy (non-hydrogen) atoms. The highest BCUT2D eigenvalue weighted by atomic mass is 16.4. The van der Waals surface area contributed by atoms with Gasteiger partial charge in [-0.05, 0) is 33.0 Å². The summed E-state index contributed by atoms with van der Waals surface area (Å²) in [5.41, 5.74) is 4.94. The van der Waals surface area contributed by atoms with Gasteiger partial charge in [0.25, 0.3) is 0 Å². The Bertz CT molecular complexity index is 196. The molecule has 0 aliphatic carbocycles. The summed E-state index contributed by atoms with van der Waals surface area (Å²) in [5, 5.41) is 6.56. The lowest BCUT2D eigenvalue weighted by atomic mass is 10.4. The van der Waals surface area contributed by atoms with Crippen molar-refractivity contribution in [2.24, 2.45) is 0 Å². The lowest BCUT2D eigenvalue weighted by Crippen LogP contribution is -2.10. The highest BCUT2D eigenvalue weighted by Gasteiger charge is 2.03. The molecule has 0 radical (unpaired) electrons. The van der Waals surface area contributed by atoms with Crippen molar-refractivity contribution in [2.45, 2.75) is 40.5 Å². The molecule has 0 bridgehead atoms. The van der Waals surface area contributed by atoms with E-state index < -0.39 is 0 Å². The van der Waals surface area contributed by atoms with Gasteiger partial charge in [0.2, 0.25) is 6.39 Å². The number of nitrogen functional groups attached to an aromatic ring is 1. The Kier molecular flexibility index (Phi) is 15.0. The maximum atomic E-state index is 4.94. The molecule has 0 atom stereocenters. The fraction of sp³-hybridized carbons (Fsp3) is 0.818. The lowest BCUT2D eigenvalue weighted by molar-refractivity contribution is 0.418. The van der Waals surface area contributed by atoms with Crippen LogP contribution in [0.3, 0.4) is 0 Å². The minimum atomic E-state index is 0.106. The van der Waals surface area contributed by atoms with Gasteiger partial charge in [0, 0.05) is 0 Å². The molecular formula is C11H26N4O. The van der Waals surface area contributed by atoms with E-state index in [4.69, 9.17) is 5.73 Å². The largest absolute Gasteiger partial charge is 0.411 e. The summed E-state index contributed by atoms with van der Waals surface area (Å²) >= 11 is 0. The quantitative estimate of drug-likeness (QED) is 0.741. The Morgan fingerprint density at radius 3 is 1.81 bits per heavy atom. The summed E-state index contributed by atoms with van der Waals surface area (Å²) in [4.78, 5) is 2.36. The van der Waals surface area contributed by atoms with E-state index in [-0.39, 0.29) is 6.01 Å². The van der Waals surface area contributed by atoms with Crippen molar-refractivity contribution in [1.29, 1.82) is 0 Å². The molecule has 2 rings (SSSR count). The van der Waals surface area contributed by atoms with Crippen LogP contribution in [0.15, 0.2) is 10.8 Å². The second-order valence-corrected chi connectivity index (χ2v) is 2.79. The molecule has 0 unspecified atom stereocenters. The Hall–Kier alpha value is -1.10. The molecular weight excluding hydrogens is 204 g/mol. The predicted octanol–water partition coefficient (Wildman–Crippen LogP) is 2.42. The first kappa shape index (κ1) is 17.3. The average molecular weight is 230 g/mol. The van der Waals surface area contributed by atoms with Gasteiger partial charge in [0.1, 0.15) is 0 Å². The summed E-state index contributed by atoms with van der Waals surface area (Å²) in [7, 11) is 2.17. The van der Waals surface area contributed by atoms with Crippen LogP contribution in [-0.4, -0.2) is 35.2 Å². The van der Waals surface area contributed by atoms with E-state index in [1.807, 2.05) is 27.7 Å². The van der Waals surface area contributed by atoms with E-state index in [2.05, 4.69) is 26.6 Å². The van der Waals surface area contributed by atoms with Gasteiger partial charge in [-0.1, -0.05) is 32.8 Å². The molecule has 1 aromatic rings. The van der Waals surface area contributed by atoms with Crippen LogP contribution in [0.25, 0.3) is 0 Å². The van der Waals surface area contributed by atoms with Gasteiger partial charge in [-0.25, -0.2) is 0 Å². The van der Waals surface area contributed by atoms with E-state index in [1.54, 1.807) is 0 Å². The molecule has 5 nitrogen and oxygen atoms in total. The first-order valence-electron chi connectivity index (χ1n) is 5.99. The topological polar surface area (TPSA) is 68.2 Å². The molecule has 1 fully saturated rings. The monoisotopic (exact) mass is 230 g/mol. The van der Waals surface area contributed by atoms with Crippen LogP contribution in [0.5, 0.6) is 0 Å². The molecule has 1 saturated heterocycles. The van der Waals surface area contributed by atoms with Crippen LogP contribution in [0, 0.1) is 0 Å². The zero-order valence-corrected chi connectivity index (χ0v) is 11.2. The molecule has 1 aromatic heterocycles. The molecule has 0 saturated carbocycles. The van der Waals surface area contributed by atoms with E-state index in [0.29, 0.717) is 0 Å². The summed E-state index contributed by atoms with van der Waals surface area (Å²) in [6.45, 7) is 10.6. The van der Waals surface area contributed by atoms with Gasteiger partial charge in [-0.3, -0.25) is 0 Å². The third-order valence-electron chi connectivity index (χ3n) is 1.71. The number of anilines is 1. The van der Waals surface area contributed by atoms with Gasteiger partial charge < -0.3 is 15.1 Å². The van der Waals surface area contributed by atoms with Crippen LogP contribution in [-0.2, 0) is 0 Å². The average Bonchev–Trinajstić information content (AvgIpc) is 2.98. The molecule has 1 aliphatic heterocycles. The molecule has 2 heterocycles. The molecule has 0 aromatic carbocycles. The lowest BCUT2D eigenvalue weighted by Gasteiger charge is -2.01. The number of nitrogens with zero attached hydrogens (tertiary/aromatic N) is 3.